The molecule has 0 fully saturated rings. The lowest BCUT2D eigenvalue weighted by atomic mass is 10.1. The Bertz CT molecular complexity index is 1200. The zero-order chi connectivity index (χ0) is 21.6. The average Bonchev–Trinajstić information content (AvgIpc) is 3.29. The summed E-state index contributed by atoms with van der Waals surface area (Å²) >= 11 is 5.97. The van der Waals surface area contributed by atoms with E-state index in [1.807, 2.05) is 59.4 Å². The van der Waals surface area contributed by atoms with Gasteiger partial charge in [0.1, 0.15) is 5.75 Å². The lowest BCUT2D eigenvalue weighted by Crippen LogP contribution is -2.20. The maximum Gasteiger partial charge on any atom is 0.252 e. The van der Waals surface area contributed by atoms with Crippen molar-refractivity contribution in [3.63, 3.8) is 0 Å². The first-order valence-electron chi connectivity index (χ1n) is 9.94. The van der Waals surface area contributed by atoms with Crippen LogP contribution in [-0.4, -0.2) is 21.9 Å². The number of benzene rings is 2. The molecule has 6 nitrogen and oxygen atoms in total. The molecular formula is C24H23ClN4O2. The number of rotatable bonds is 8. The molecule has 158 valence electrons. The SMILES string of the molecule is COc1ccc(CNCc2cc(-c3ccc(Cl)cc3)c[nH]c2=O)cc1Cn1cccn1. The summed E-state index contributed by atoms with van der Waals surface area (Å²) in [6.45, 7) is 1.71. The minimum absolute atomic E-state index is 0.0979. The molecule has 7 heteroatoms. The molecule has 2 aromatic carbocycles. The summed E-state index contributed by atoms with van der Waals surface area (Å²) in [6.07, 6.45) is 5.40. The van der Waals surface area contributed by atoms with Crippen LogP contribution in [0, 0.1) is 0 Å². The highest BCUT2D eigenvalue weighted by Gasteiger charge is 2.08. The lowest BCUT2D eigenvalue weighted by molar-refractivity contribution is 0.407. The van der Waals surface area contributed by atoms with Crippen LogP contribution in [0.3, 0.4) is 0 Å². The van der Waals surface area contributed by atoms with E-state index in [4.69, 9.17) is 16.3 Å². The van der Waals surface area contributed by atoms with E-state index in [0.717, 1.165) is 28.0 Å². The molecule has 2 aromatic heterocycles. The second-order valence-electron chi connectivity index (χ2n) is 7.20. The van der Waals surface area contributed by atoms with Crippen LogP contribution in [0.4, 0.5) is 0 Å². The molecule has 0 unspecified atom stereocenters. The summed E-state index contributed by atoms with van der Waals surface area (Å²) in [7, 11) is 1.67. The fourth-order valence-electron chi connectivity index (χ4n) is 3.45. The van der Waals surface area contributed by atoms with Crippen LogP contribution in [0.5, 0.6) is 5.75 Å². The Balaban J connectivity index is 1.45. The first kappa shape index (κ1) is 20.9. The molecule has 0 amide bonds. The Kier molecular flexibility index (Phi) is 6.50. The van der Waals surface area contributed by atoms with Gasteiger partial charge in [0.25, 0.3) is 5.56 Å². The molecule has 0 saturated heterocycles. The van der Waals surface area contributed by atoms with Crippen molar-refractivity contribution < 1.29 is 4.74 Å². The van der Waals surface area contributed by atoms with Gasteiger partial charge in [-0.05, 0) is 53.1 Å². The topological polar surface area (TPSA) is 71.9 Å². The Labute approximate surface area is 185 Å². The van der Waals surface area contributed by atoms with Crippen LogP contribution in [-0.2, 0) is 19.6 Å². The highest BCUT2D eigenvalue weighted by Crippen LogP contribution is 2.22. The molecule has 0 bridgehead atoms. The third-order valence-electron chi connectivity index (χ3n) is 5.04. The van der Waals surface area contributed by atoms with Gasteiger partial charge in [-0.3, -0.25) is 9.48 Å². The molecular weight excluding hydrogens is 412 g/mol. The molecule has 4 rings (SSSR count). The maximum absolute atomic E-state index is 12.3. The Hall–Kier alpha value is -3.35. The van der Waals surface area contributed by atoms with Gasteiger partial charge in [-0.2, -0.15) is 5.10 Å². The third-order valence-corrected chi connectivity index (χ3v) is 5.29. The monoisotopic (exact) mass is 434 g/mol. The zero-order valence-electron chi connectivity index (χ0n) is 17.1. The molecule has 4 aromatic rings. The highest BCUT2D eigenvalue weighted by molar-refractivity contribution is 6.30. The summed E-state index contributed by atoms with van der Waals surface area (Å²) in [5, 5.41) is 8.31. The van der Waals surface area contributed by atoms with Crippen LogP contribution in [0.2, 0.25) is 5.02 Å². The van der Waals surface area contributed by atoms with Crippen LogP contribution in [0.15, 0.2) is 78.0 Å². The smallest absolute Gasteiger partial charge is 0.252 e. The summed E-state index contributed by atoms with van der Waals surface area (Å²) in [4.78, 5) is 15.1. The van der Waals surface area contributed by atoms with Gasteiger partial charge in [0.15, 0.2) is 0 Å². The van der Waals surface area contributed by atoms with Crippen molar-refractivity contribution in [2.45, 2.75) is 19.6 Å². The Morgan fingerprint density at radius 3 is 2.65 bits per heavy atom. The molecule has 0 atom stereocenters. The number of ether oxygens (including phenoxy) is 1. The first-order valence-corrected chi connectivity index (χ1v) is 10.3. The number of nitrogens with zero attached hydrogens (tertiary/aromatic N) is 2. The Morgan fingerprint density at radius 2 is 1.90 bits per heavy atom. The second-order valence-corrected chi connectivity index (χ2v) is 7.64. The van der Waals surface area contributed by atoms with Crippen molar-refractivity contribution in [1.29, 1.82) is 0 Å². The summed E-state index contributed by atoms with van der Waals surface area (Å²) in [5.41, 5.74) is 4.68. The van der Waals surface area contributed by atoms with Gasteiger partial charge in [0.05, 0.1) is 13.7 Å². The van der Waals surface area contributed by atoms with E-state index >= 15 is 0 Å². The Morgan fingerprint density at radius 1 is 1.06 bits per heavy atom. The van der Waals surface area contributed by atoms with E-state index in [-0.39, 0.29) is 5.56 Å². The standard InChI is InChI=1S/C24H23ClN4O2/c1-31-23-8-3-17(11-21(23)16-29-10-2-9-28-29)13-26-14-20-12-19(15-27-24(20)30)18-4-6-22(25)7-5-18/h2-12,15,26H,13-14,16H2,1H3,(H,27,30). The van der Waals surface area contributed by atoms with Gasteiger partial charge in [-0.1, -0.05) is 29.8 Å². The van der Waals surface area contributed by atoms with Gasteiger partial charge in [-0.15, -0.1) is 0 Å². The number of H-pyrrole nitrogens is 1. The number of halogens is 1. The number of pyridine rings is 1. The zero-order valence-corrected chi connectivity index (χ0v) is 17.9. The van der Waals surface area contributed by atoms with Crippen molar-refractivity contribution >= 4 is 11.6 Å². The van der Waals surface area contributed by atoms with Crippen molar-refractivity contribution in [3.05, 3.63) is 105 Å². The largest absolute Gasteiger partial charge is 0.496 e. The number of nitrogens with one attached hydrogen (secondary N) is 2. The predicted molar refractivity (Wildman–Crippen MR) is 122 cm³/mol. The molecule has 31 heavy (non-hydrogen) atoms. The van der Waals surface area contributed by atoms with E-state index in [0.29, 0.717) is 30.2 Å². The average molecular weight is 435 g/mol. The highest BCUT2D eigenvalue weighted by atomic mass is 35.5. The molecule has 2 heterocycles. The minimum Gasteiger partial charge on any atom is -0.496 e. The number of hydrogen-bond acceptors (Lipinski definition) is 4. The molecule has 0 saturated carbocycles. The van der Waals surface area contributed by atoms with Crippen molar-refractivity contribution in [1.82, 2.24) is 20.1 Å². The lowest BCUT2D eigenvalue weighted by Gasteiger charge is -2.12. The van der Waals surface area contributed by atoms with Crippen LogP contribution in [0.25, 0.3) is 11.1 Å². The maximum atomic E-state index is 12.3. The summed E-state index contributed by atoms with van der Waals surface area (Å²) in [6, 6.07) is 17.4. The third kappa shape index (κ3) is 5.23. The van der Waals surface area contributed by atoms with Crippen LogP contribution in [0.1, 0.15) is 16.7 Å². The van der Waals surface area contributed by atoms with Crippen molar-refractivity contribution in [2.75, 3.05) is 7.11 Å². The number of methoxy groups -OCH3 is 1. The number of hydrogen-bond donors (Lipinski definition) is 2. The van der Waals surface area contributed by atoms with Gasteiger partial charge < -0.3 is 15.0 Å². The van der Waals surface area contributed by atoms with Crippen LogP contribution >= 0.6 is 11.6 Å². The van der Waals surface area contributed by atoms with E-state index < -0.39 is 0 Å². The molecule has 0 radical (unpaired) electrons. The fraction of sp³-hybridized carbons (Fsp3) is 0.167. The quantitative estimate of drug-likeness (QED) is 0.435. The van der Waals surface area contributed by atoms with Gasteiger partial charge in [-0.25, -0.2) is 0 Å². The molecule has 0 aliphatic carbocycles. The predicted octanol–water partition coefficient (Wildman–Crippen LogP) is 4.24. The summed E-state index contributed by atoms with van der Waals surface area (Å²) < 4.78 is 7.34. The molecule has 0 aliphatic rings. The second kappa shape index (κ2) is 9.64. The number of aromatic amines is 1. The van der Waals surface area contributed by atoms with E-state index in [2.05, 4.69) is 21.5 Å². The van der Waals surface area contributed by atoms with Gasteiger partial charge in [0, 0.05) is 47.8 Å². The van der Waals surface area contributed by atoms with E-state index in [1.54, 1.807) is 19.5 Å². The van der Waals surface area contributed by atoms with Crippen LogP contribution < -0.4 is 15.6 Å². The minimum atomic E-state index is -0.0979. The molecule has 0 aliphatic heterocycles. The first-order chi connectivity index (χ1) is 15.1. The van der Waals surface area contributed by atoms with E-state index in [9.17, 15) is 4.79 Å². The van der Waals surface area contributed by atoms with Gasteiger partial charge >= 0.3 is 0 Å². The van der Waals surface area contributed by atoms with Crippen molar-refractivity contribution in [2.24, 2.45) is 0 Å². The van der Waals surface area contributed by atoms with Gasteiger partial charge in [0.2, 0.25) is 0 Å². The fourth-order valence-corrected chi connectivity index (χ4v) is 3.57. The number of aromatic nitrogens is 3. The normalized spacial score (nSPS) is 10.9. The summed E-state index contributed by atoms with van der Waals surface area (Å²) in [5.74, 6) is 0.825. The van der Waals surface area contributed by atoms with E-state index in [1.165, 1.54) is 0 Å². The van der Waals surface area contributed by atoms with Crippen molar-refractivity contribution in [3.8, 4) is 16.9 Å². The molecule has 2 N–H and O–H groups in total. The molecule has 0 spiro atoms.